The third-order valence-electron chi connectivity index (χ3n) is 4.67. The highest BCUT2D eigenvalue weighted by Gasteiger charge is 2.19. The third-order valence-corrected chi connectivity index (χ3v) is 4.67. The maximum atomic E-state index is 8.88. The molecule has 4 heterocycles. The molecule has 8 nitrogen and oxygen atoms in total. The normalized spacial score (nSPS) is 14.3. The van der Waals surface area contributed by atoms with Crippen molar-refractivity contribution < 1.29 is 0 Å². The van der Waals surface area contributed by atoms with E-state index in [0.717, 1.165) is 55.0 Å². The van der Waals surface area contributed by atoms with Gasteiger partial charge in [-0.25, -0.2) is 9.67 Å². The van der Waals surface area contributed by atoms with Crippen molar-refractivity contribution >= 4 is 11.6 Å². The van der Waals surface area contributed by atoms with Gasteiger partial charge in [-0.1, -0.05) is 0 Å². The Morgan fingerprint density at radius 3 is 2.04 bits per heavy atom. The third kappa shape index (κ3) is 3.44. The van der Waals surface area contributed by atoms with Crippen LogP contribution in [0.25, 0.3) is 5.82 Å². The molecule has 1 saturated heterocycles. The van der Waals surface area contributed by atoms with Crippen LogP contribution in [0, 0.1) is 25.2 Å². The molecule has 0 saturated carbocycles. The summed E-state index contributed by atoms with van der Waals surface area (Å²) >= 11 is 0. The summed E-state index contributed by atoms with van der Waals surface area (Å²) in [4.78, 5) is 8.81. The number of nitrogens with zero attached hydrogens (tertiary/aromatic N) is 8. The number of hydrogen-bond donors (Lipinski definition) is 0. The summed E-state index contributed by atoms with van der Waals surface area (Å²) in [5.41, 5.74) is 2.58. The molecule has 27 heavy (non-hydrogen) atoms. The first-order valence-corrected chi connectivity index (χ1v) is 8.87. The highest BCUT2D eigenvalue weighted by Crippen LogP contribution is 2.18. The molecule has 1 aliphatic heterocycles. The fourth-order valence-corrected chi connectivity index (χ4v) is 3.26. The summed E-state index contributed by atoms with van der Waals surface area (Å²) in [5, 5.41) is 22.1. The van der Waals surface area contributed by atoms with E-state index in [-0.39, 0.29) is 0 Å². The Balaban J connectivity index is 1.42. The molecular weight excluding hydrogens is 340 g/mol. The van der Waals surface area contributed by atoms with Crippen LogP contribution in [-0.2, 0) is 0 Å². The van der Waals surface area contributed by atoms with Crippen LogP contribution in [0.2, 0.25) is 0 Å². The first-order chi connectivity index (χ1) is 13.1. The van der Waals surface area contributed by atoms with Crippen LogP contribution >= 0.6 is 0 Å². The Hall–Kier alpha value is -3.47. The monoisotopic (exact) mass is 360 g/mol. The zero-order chi connectivity index (χ0) is 18.8. The number of nitriles is 1. The van der Waals surface area contributed by atoms with Crippen molar-refractivity contribution in [1.82, 2.24) is 25.0 Å². The predicted octanol–water partition coefficient (Wildman–Crippen LogP) is 1.87. The van der Waals surface area contributed by atoms with Gasteiger partial charge in [-0.2, -0.15) is 10.4 Å². The van der Waals surface area contributed by atoms with Crippen molar-refractivity contribution in [3.8, 4) is 11.9 Å². The summed E-state index contributed by atoms with van der Waals surface area (Å²) < 4.78 is 1.81. The SMILES string of the molecule is Cc1cc(C)n(-c2ccc(N3CCN(c4ccc(C#N)cn4)CC3)nn2)n1. The van der Waals surface area contributed by atoms with E-state index in [1.807, 2.05) is 38.1 Å². The lowest BCUT2D eigenvalue weighted by atomic mass is 10.2. The zero-order valence-electron chi connectivity index (χ0n) is 15.4. The first-order valence-electron chi connectivity index (χ1n) is 8.87. The highest BCUT2D eigenvalue weighted by atomic mass is 15.4. The summed E-state index contributed by atoms with van der Waals surface area (Å²) in [7, 11) is 0. The molecule has 0 aliphatic carbocycles. The molecule has 8 heteroatoms. The minimum Gasteiger partial charge on any atom is -0.353 e. The number of aryl methyl sites for hydroxylation is 2. The van der Waals surface area contributed by atoms with Crippen LogP contribution in [0.3, 0.4) is 0 Å². The lowest BCUT2D eigenvalue weighted by Gasteiger charge is -2.35. The minimum atomic E-state index is 0.579. The van der Waals surface area contributed by atoms with Gasteiger partial charge in [-0.3, -0.25) is 0 Å². The largest absolute Gasteiger partial charge is 0.353 e. The Morgan fingerprint density at radius 1 is 0.889 bits per heavy atom. The number of rotatable bonds is 3. The van der Waals surface area contributed by atoms with E-state index in [1.54, 1.807) is 16.9 Å². The van der Waals surface area contributed by atoms with Gasteiger partial charge < -0.3 is 9.80 Å². The lowest BCUT2D eigenvalue weighted by Crippen LogP contribution is -2.47. The van der Waals surface area contributed by atoms with Gasteiger partial charge in [0, 0.05) is 38.1 Å². The minimum absolute atomic E-state index is 0.579. The fourth-order valence-electron chi connectivity index (χ4n) is 3.26. The van der Waals surface area contributed by atoms with E-state index >= 15 is 0 Å². The van der Waals surface area contributed by atoms with Gasteiger partial charge in [0.25, 0.3) is 0 Å². The van der Waals surface area contributed by atoms with E-state index < -0.39 is 0 Å². The van der Waals surface area contributed by atoms with Gasteiger partial charge in [0.2, 0.25) is 0 Å². The molecule has 0 bridgehead atoms. The molecule has 0 radical (unpaired) electrons. The zero-order valence-corrected chi connectivity index (χ0v) is 15.4. The van der Waals surface area contributed by atoms with E-state index in [4.69, 9.17) is 5.26 Å². The van der Waals surface area contributed by atoms with E-state index in [2.05, 4.69) is 36.1 Å². The second-order valence-corrected chi connectivity index (χ2v) is 6.58. The van der Waals surface area contributed by atoms with Crippen molar-refractivity contribution in [3.05, 3.63) is 53.5 Å². The molecule has 1 fully saturated rings. The van der Waals surface area contributed by atoms with E-state index in [0.29, 0.717) is 5.56 Å². The van der Waals surface area contributed by atoms with Crippen LogP contribution in [0.1, 0.15) is 17.0 Å². The van der Waals surface area contributed by atoms with E-state index in [9.17, 15) is 0 Å². The molecule has 0 atom stereocenters. The van der Waals surface area contributed by atoms with Crippen LogP contribution < -0.4 is 9.80 Å². The van der Waals surface area contributed by atoms with Crippen molar-refractivity contribution in [2.75, 3.05) is 36.0 Å². The number of piperazine rings is 1. The smallest absolute Gasteiger partial charge is 0.176 e. The van der Waals surface area contributed by atoms with Crippen molar-refractivity contribution in [2.45, 2.75) is 13.8 Å². The molecule has 0 N–H and O–H groups in total. The van der Waals surface area contributed by atoms with Crippen molar-refractivity contribution in [2.24, 2.45) is 0 Å². The van der Waals surface area contributed by atoms with Crippen LogP contribution in [0.5, 0.6) is 0 Å². The number of aromatic nitrogens is 5. The van der Waals surface area contributed by atoms with Gasteiger partial charge in [0.15, 0.2) is 11.6 Å². The summed E-state index contributed by atoms with van der Waals surface area (Å²) in [5.74, 6) is 2.50. The van der Waals surface area contributed by atoms with Gasteiger partial charge in [0.1, 0.15) is 11.9 Å². The van der Waals surface area contributed by atoms with E-state index in [1.165, 1.54) is 0 Å². The highest BCUT2D eigenvalue weighted by molar-refractivity contribution is 5.46. The molecule has 0 spiro atoms. The van der Waals surface area contributed by atoms with Crippen LogP contribution in [0.15, 0.2) is 36.5 Å². The van der Waals surface area contributed by atoms with Crippen LogP contribution in [-0.4, -0.2) is 51.1 Å². The maximum absolute atomic E-state index is 8.88. The molecule has 0 aromatic carbocycles. The summed E-state index contributed by atoms with van der Waals surface area (Å²) in [6, 6.07) is 11.8. The van der Waals surface area contributed by atoms with Crippen LogP contribution in [0.4, 0.5) is 11.6 Å². The summed E-state index contributed by atoms with van der Waals surface area (Å²) in [6.45, 7) is 7.35. The Bertz CT molecular complexity index is 960. The molecule has 4 rings (SSSR count). The van der Waals surface area contributed by atoms with Gasteiger partial charge in [-0.05, 0) is 44.2 Å². The Labute approximate surface area is 157 Å². The topological polar surface area (TPSA) is 86.8 Å². The Morgan fingerprint density at radius 2 is 1.52 bits per heavy atom. The lowest BCUT2D eigenvalue weighted by molar-refractivity contribution is 0.636. The molecule has 1 aliphatic rings. The summed E-state index contributed by atoms with van der Waals surface area (Å²) in [6.07, 6.45) is 1.62. The molecule has 3 aromatic heterocycles. The number of anilines is 2. The second-order valence-electron chi connectivity index (χ2n) is 6.58. The molecular formula is C19H20N8. The molecule has 0 amide bonds. The molecule has 136 valence electrons. The number of pyridine rings is 1. The molecule has 0 unspecified atom stereocenters. The van der Waals surface area contributed by atoms with Gasteiger partial charge in [0.05, 0.1) is 11.3 Å². The number of hydrogen-bond acceptors (Lipinski definition) is 7. The average molecular weight is 360 g/mol. The fraction of sp³-hybridized carbons (Fsp3) is 0.316. The predicted molar refractivity (Wildman–Crippen MR) is 102 cm³/mol. The Kier molecular flexibility index (Phi) is 4.42. The standard InChI is InChI=1S/C19H20N8/c1-14-11-15(2)27(24-14)19-6-5-18(22-23-19)26-9-7-25(8-10-26)17-4-3-16(12-20)13-21-17/h3-6,11,13H,7-10H2,1-2H3. The second kappa shape index (κ2) is 7.03. The average Bonchev–Trinajstić information content (AvgIpc) is 3.06. The van der Waals surface area contributed by atoms with Crippen molar-refractivity contribution in [3.63, 3.8) is 0 Å². The quantitative estimate of drug-likeness (QED) is 0.705. The van der Waals surface area contributed by atoms with Gasteiger partial charge >= 0.3 is 0 Å². The molecule has 3 aromatic rings. The van der Waals surface area contributed by atoms with Gasteiger partial charge in [-0.15, -0.1) is 10.2 Å². The van der Waals surface area contributed by atoms with Crippen molar-refractivity contribution in [1.29, 1.82) is 5.26 Å². The maximum Gasteiger partial charge on any atom is 0.176 e. The first kappa shape index (κ1) is 17.0.